The van der Waals surface area contributed by atoms with Crippen molar-refractivity contribution < 1.29 is 4.74 Å². The third-order valence-electron chi connectivity index (χ3n) is 5.03. The lowest BCUT2D eigenvalue weighted by Crippen LogP contribution is -2.22. The lowest BCUT2D eigenvalue weighted by atomic mass is 10.3. The quantitative estimate of drug-likeness (QED) is 0.276. The van der Waals surface area contributed by atoms with E-state index in [0.717, 1.165) is 46.3 Å². The standard InChI is InChI=1S/C22H24N2OS6/c26-21(23-13-1-2-14-23)30-28-19-9-5-17(6-10-19)25-18-7-11-20(12-8-18)29-31-22(27)24-15-3-4-16-24/h5-12H,1-4,13-16H2. The van der Waals surface area contributed by atoms with Crippen molar-refractivity contribution in [3.8, 4) is 11.5 Å². The second-order valence-corrected chi connectivity index (χ2v) is 13.0. The van der Waals surface area contributed by atoms with Crippen LogP contribution in [0.2, 0.25) is 0 Å². The molecule has 2 heterocycles. The maximum absolute atomic E-state index is 6.00. The van der Waals surface area contributed by atoms with Gasteiger partial charge in [0.1, 0.15) is 20.1 Å². The van der Waals surface area contributed by atoms with Gasteiger partial charge in [0.25, 0.3) is 0 Å². The van der Waals surface area contributed by atoms with Crippen LogP contribution >= 0.6 is 67.6 Å². The van der Waals surface area contributed by atoms with Gasteiger partial charge in [-0.25, -0.2) is 0 Å². The van der Waals surface area contributed by atoms with Gasteiger partial charge >= 0.3 is 0 Å². The molecule has 2 saturated heterocycles. The maximum atomic E-state index is 6.00. The van der Waals surface area contributed by atoms with E-state index in [1.807, 2.05) is 24.3 Å². The molecule has 164 valence electrons. The first kappa shape index (κ1) is 23.6. The number of rotatable bonds is 6. The first-order valence-corrected chi connectivity index (χ1v) is 15.4. The molecule has 2 aromatic carbocycles. The fourth-order valence-corrected chi connectivity index (χ4v) is 8.02. The van der Waals surface area contributed by atoms with Crippen LogP contribution in [0.3, 0.4) is 0 Å². The molecular formula is C22H24N2OS6. The maximum Gasteiger partial charge on any atom is 0.147 e. The van der Waals surface area contributed by atoms with Crippen molar-refractivity contribution in [2.75, 3.05) is 26.2 Å². The second-order valence-electron chi connectivity index (χ2n) is 7.30. The highest BCUT2D eigenvalue weighted by Gasteiger charge is 2.16. The molecule has 2 aromatic rings. The Morgan fingerprint density at radius 2 is 0.968 bits per heavy atom. The van der Waals surface area contributed by atoms with Crippen LogP contribution < -0.4 is 4.74 Å². The van der Waals surface area contributed by atoms with Crippen LogP contribution in [0.4, 0.5) is 0 Å². The van der Waals surface area contributed by atoms with Crippen LogP contribution in [0.25, 0.3) is 0 Å². The summed E-state index contributed by atoms with van der Waals surface area (Å²) in [5.74, 6) is 1.67. The minimum Gasteiger partial charge on any atom is -0.457 e. The minimum absolute atomic E-state index is 0.835. The molecule has 0 aromatic heterocycles. The molecule has 4 rings (SSSR count). The van der Waals surface area contributed by atoms with Gasteiger partial charge in [-0.1, -0.05) is 46.0 Å². The van der Waals surface area contributed by atoms with Gasteiger partial charge < -0.3 is 14.5 Å². The summed E-state index contributed by atoms with van der Waals surface area (Å²) in [5, 5.41) is 0. The number of nitrogens with zero attached hydrogens (tertiary/aromatic N) is 2. The lowest BCUT2D eigenvalue weighted by molar-refractivity contribution is 0.482. The molecule has 0 aliphatic carbocycles. The summed E-state index contributed by atoms with van der Waals surface area (Å²) in [5.41, 5.74) is 0. The highest BCUT2D eigenvalue weighted by molar-refractivity contribution is 8.84. The summed E-state index contributed by atoms with van der Waals surface area (Å²) in [6, 6.07) is 16.4. The SMILES string of the molecule is S=C(SSc1ccc(Oc2ccc(SSC(=S)N3CCCC3)cc2)cc1)N1CCCC1. The Morgan fingerprint density at radius 1 is 0.613 bits per heavy atom. The Hall–Kier alpha value is -0.580. The fourth-order valence-electron chi connectivity index (χ4n) is 3.33. The highest BCUT2D eigenvalue weighted by atomic mass is 33.1. The Kier molecular flexibility index (Phi) is 9.16. The van der Waals surface area contributed by atoms with Crippen LogP contribution in [0.1, 0.15) is 25.7 Å². The molecule has 0 N–H and O–H groups in total. The topological polar surface area (TPSA) is 15.7 Å². The average molecular weight is 525 g/mol. The predicted octanol–water partition coefficient (Wildman–Crippen LogP) is 7.72. The summed E-state index contributed by atoms with van der Waals surface area (Å²) in [6.45, 7) is 4.39. The molecule has 31 heavy (non-hydrogen) atoms. The Bertz CT molecular complexity index is 804. The molecule has 0 amide bonds. The Morgan fingerprint density at radius 3 is 1.32 bits per heavy atom. The number of thiocarbonyl (C=S) groups is 2. The van der Waals surface area contributed by atoms with Gasteiger partial charge in [-0.2, -0.15) is 0 Å². The van der Waals surface area contributed by atoms with Crippen LogP contribution in [0.5, 0.6) is 11.5 Å². The number of benzene rings is 2. The van der Waals surface area contributed by atoms with Gasteiger partial charge in [-0.3, -0.25) is 0 Å². The van der Waals surface area contributed by atoms with Gasteiger partial charge in [-0.15, -0.1) is 0 Å². The molecular weight excluding hydrogens is 501 g/mol. The predicted molar refractivity (Wildman–Crippen MR) is 147 cm³/mol. The summed E-state index contributed by atoms with van der Waals surface area (Å²) >= 11 is 11.1. The van der Waals surface area contributed by atoms with E-state index >= 15 is 0 Å². The molecule has 0 bridgehead atoms. The smallest absolute Gasteiger partial charge is 0.147 e. The fraction of sp³-hybridized carbons (Fsp3) is 0.364. The molecule has 0 radical (unpaired) electrons. The summed E-state index contributed by atoms with van der Waals surface area (Å²) < 4.78 is 7.97. The van der Waals surface area contributed by atoms with Crippen molar-refractivity contribution >= 4 is 76.3 Å². The largest absolute Gasteiger partial charge is 0.457 e. The van der Waals surface area contributed by atoms with Crippen molar-refractivity contribution in [3.63, 3.8) is 0 Å². The van der Waals surface area contributed by atoms with Crippen molar-refractivity contribution in [1.82, 2.24) is 9.80 Å². The first-order valence-electron chi connectivity index (χ1n) is 10.3. The molecule has 9 heteroatoms. The number of hydrogen-bond acceptors (Lipinski definition) is 7. The highest BCUT2D eigenvalue weighted by Crippen LogP contribution is 2.37. The van der Waals surface area contributed by atoms with Gasteiger partial charge in [-0.05, 0) is 95.8 Å². The molecule has 3 nitrogen and oxygen atoms in total. The molecule has 2 aliphatic rings. The summed E-state index contributed by atoms with van der Waals surface area (Å²) in [6.07, 6.45) is 5.01. The number of ether oxygens (including phenoxy) is 1. The molecule has 0 spiro atoms. The number of likely N-dealkylation sites (tertiary alicyclic amines) is 2. The van der Waals surface area contributed by atoms with E-state index in [-0.39, 0.29) is 0 Å². The molecule has 0 unspecified atom stereocenters. The van der Waals surface area contributed by atoms with E-state index < -0.39 is 0 Å². The Labute approximate surface area is 211 Å². The van der Waals surface area contributed by atoms with Crippen molar-refractivity contribution in [1.29, 1.82) is 0 Å². The van der Waals surface area contributed by atoms with Crippen LogP contribution in [-0.4, -0.2) is 44.6 Å². The van der Waals surface area contributed by atoms with Crippen molar-refractivity contribution in [2.45, 2.75) is 35.5 Å². The van der Waals surface area contributed by atoms with Crippen LogP contribution in [-0.2, 0) is 0 Å². The zero-order chi connectivity index (χ0) is 21.5. The molecule has 0 saturated carbocycles. The monoisotopic (exact) mass is 524 g/mol. The Balaban J connectivity index is 1.22. The third-order valence-corrected chi connectivity index (χ3v) is 11.2. The van der Waals surface area contributed by atoms with E-state index in [9.17, 15) is 0 Å². The van der Waals surface area contributed by atoms with E-state index in [4.69, 9.17) is 29.2 Å². The molecule has 2 aliphatic heterocycles. The average Bonchev–Trinajstić information content (AvgIpc) is 3.52. The lowest BCUT2D eigenvalue weighted by Gasteiger charge is -2.17. The van der Waals surface area contributed by atoms with Gasteiger partial charge in [0.15, 0.2) is 0 Å². The minimum atomic E-state index is 0.835. The normalized spacial score (nSPS) is 16.0. The van der Waals surface area contributed by atoms with E-state index in [1.165, 1.54) is 35.5 Å². The second kappa shape index (κ2) is 12.0. The zero-order valence-electron chi connectivity index (χ0n) is 17.0. The van der Waals surface area contributed by atoms with Gasteiger partial charge in [0, 0.05) is 36.0 Å². The molecule has 0 atom stereocenters. The van der Waals surface area contributed by atoms with Crippen molar-refractivity contribution in [2.24, 2.45) is 0 Å². The van der Waals surface area contributed by atoms with Gasteiger partial charge in [0.2, 0.25) is 0 Å². The zero-order valence-corrected chi connectivity index (χ0v) is 21.9. The summed E-state index contributed by atoms with van der Waals surface area (Å²) in [4.78, 5) is 6.95. The van der Waals surface area contributed by atoms with E-state index in [1.54, 1.807) is 43.2 Å². The molecule has 2 fully saturated rings. The van der Waals surface area contributed by atoms with E-state index in [0.29, 0.717) is 0 Å². The third kappa shape index (κ3) is 7.20. The summed E-state index contributed by atoms with van der Waals surface area (Å²) in [7, 11) is 6.76. The van der Waals surface area contributed by atoms with Gasteiger partial charge in [0.05, 0.1) is 0 Å². The van der Waals surface area contributed by atoms with Crippen molar-refractivity contribution in [3.05, 3.63) is 48.5 Å². The number of hydrogen-bond donors (Lipinski definition) is 0. The van der Waals surface area contributed by atoms with Crippen LogP contribution in [0, 0.1) is 0 Å². The van der Waals surface area contributed by atoms with Crippen LogP contribution in [0.15, 0.2) is 58.3 Å². The van der Waals surface area contributed by atoms with E-state index in [2.05, 4.69) is 34.1 Å². The first-order chi connectivity index (χ1) is 15.2.